The Labute approximate surface area is 97.4 Å². The summed E-state index contributed by atoms with van der Waals surface area (Å²) in [7, 11) is 0. The van der Waals surface area contributed by atoms with Gasteiger partial charge in [0.1, 0.15) is 0 Å². The molecule has 2 heterocycles. The second-order valence-corrected chi connectivity index (χ2v) is 4.46. The van der Waals surface area contributed by atoms with Crippen molar-refractivity contribution < 1.29 is 9.53 Å². The van der Waals surface area contributed by atoms with Gasteiger partial charge in [-0.05, 0) is 51.1 Å². The van der Waals surface area contributed by atoms with E-state index >= 15 is 0 Å². The van der Waals surface area contributed by atoms with Gasteiger partial charge in [0.15, 0.2) is 0 Å². The summed E-state index contributed by atoms with van der Waals surface area (Å²) >= 11 is 0. The first-order chi connectivity index (χ1) is 6.81. The van der Waals surface area contributed by atoms with Crippen molar-refractivity contribution in [2.24, 2.45) is 17.8 Å². The Balaban J connectivity index is 0.00000112. The summed E-state index contributed by atoms with van der Waals surface area (Å²) in [6, 6.07) is 0. The average Bonchev–Trinajstić information content (AvgIpc) is 2.52. The monoisotopic (exact) mass is 233 g/mol. The Hall–Kier alpha value is -0.280. The van der Waals surface area contributed by atoms with Crippen molar-refractivity contribution in [3.8, 4) is 0 Å². The van der Waals surface area contributed by atoms with Crippen molar-refractivity contribution >= 4 is 18.4 Å². The SMILES string of the molecule is CCOC(=O)[C@@H]1C[C@@H]2CC[C@H]1CNC2.Cl. The lowest BCUT2D eigenvalue weighted by Crippen LogP contribution is -2.32. The molecule has 1 N–H and O–H groups in total. The Bertz CT molecular complexity index is 219. The molecule has 88 valence electrons. The molecule has 0 unspecified atom stereocenters. The molecule has 3 fully saturated rings. The predicted molar refractivity (Wildman–Crippen MR) is 61.1 cm³/mol. The van der Waals surface area contributed by atoms with Crippen LogP contribution in [0.4, 0.5) is 0 Å². The van der Waals surface area contributed by atoms with E-state index < -0.39 is 0 Å². The molecule has 0 aromatic heterocycles. The van der Waals surface area contributed by atoms with E-state index in [0.29, 0.717) is 18.4 Å². The Kier molecular flexibility index (Phi) is 4.87. The summed E-state index contributed by atoms with van der Waals surface area (Å²) in [4.78, 5) is 11.7. The average molecular weight is 234 g/mol. The van der Waals surface area contributed by atoms with Crippen LogP contribution in [0.5, 0.6) is 0 Å². The molecule has 0 radical (unpaired) electrons. The van der Waals surface area contributed by atoms with Gasteiger partial charge in [-0.25, -0.2) is 0 Å². The molecule has 3 aliphatic rings. The zero-order valence-electron chi connectivity index (χ0n) is 9.20. The van der Waals surface area contributed by atoms with Crippen LogP contribution in [0.25, 0.3) is 0 Å². The molecule has 0 aromatic carbocycles. The number of nitrogens with one attached hydrogen (secondary N) is 1. The molecule has 2 aliphatic heterocycles. The third-order valence-corrected chi connectivity index (χ3v) is 3.53. The molecule has 1 aliphatic carbocycles. The Morgan fingerprint density at radius 3 is 2.93 bits per heavy atom. The molecule has 15 heavy (non-hydrogen) atoms. The summed E-state index contributed by atoms with van der Waals surface area (Å²) in [6.45, 7) is 4.48. The number of carbonyl (C=O) groups is 1. The molecule has 0 aromatic rings. The highest BCUT2D eigenvalue weighted by molar-refractivity contribution is 5.85. The number of hydrogen-bond donors (Lipinski definition) is 1. The van der Waals surface area contributed by atoms with Gasteiger partial charge in [-0.1, -0.05) is 0 Å². The second kappa shape index (κ2) is 5.71. The van der Waals surface area contributed by atoms with E-state index in [0.717, 1.165) is 19.5 Å². The fourth-order valence-electron chi connectivity index (χ4n) is 2.76. The van der Waals surface area contributed by atoms with Gasteiger partial charge in [-0.2, -0.15) is 0 Å². The minimum atomic E-state index is 0. The summed E-state index contributed by atoms with van der Waals surface area (Å²) < 4.78 is 5.12. The third kappa shape index (κ3) is 2.85. The molecule has 0 amide bonds. The van der Waals surface area contributed by atoms with E-state index in [4.69, 9.17) is 4.74 Å². The molecule has 2 bridgehead atoms. The van der Waals surface area contributed by atoms with Gasteiger partial charge in [0, 0.05) is 0 Å². The number of fused-ring (bicyclic) bond motifs is 4. The molecule has 3 atom stereocenters. The predicted octanol–water partition coefficient (Wildman–Crippen LogP) is 1.61. The molecule has 0 spiro atoms. The van der Waals surface area contributed by atoms with Crippen LogP contribution in [0, 0.1) is 17.8 Å². The van der Waals surface area contributed by atoms with Crippen LogP contribution in [0.2, 0.25) is 0 Å². The standard InChI is InChI=1S/C11H19NO2.ClH/c1-2-14-11(13)10-5-8-3-4-9(10)7-12-6-8;/h8-10,12H,2-7H2,1H3;1H/t8-,9-,10+;/m0./s1. The van der Waals surface area contributed by atoms with Gasteiger partial charge in [0.2, 0.25) is 0 Å². The number of esters is 1. The Morgan fingerprint density at radius 1 is 1.40 bits per heavy atom. The van der Waals surface area contributed by atoms with Crippen LogP contribution in [0.15, 0.2) is 0 Å². The van der Waals surface area contributed by atoms with Crippen molar-refractivity contribution in [1.29, 1.82) is 0 Å². The van der Waals surface area contributed by atoms with E-state index in [1.807, 2.05) is 6.92 Å². The molecular formula is C11H20ClNO2. The minimum Gasteiger partial charge on any atom is -0.466 e. The molecular weight excluding hydrogens is 214 g/mol. The maximum absolute atomic E-state index is 11.7. The van der Waals surface area contributed by atoms with Gasteiger partial charge >= 0.3 is 5.97 Å². The Morgan fingerprint density at radius 2 is 2.20 bits per heavy atom. The van der Waals surface area contributed by atoms with Gasteiger partial charge in [-0.3, -0.25) is 4.79 Å². The maximum Gasteiger partial charge on any atom is 0.309 e. The van der Waals surface area contributed by atoms with E-state index in [1.165, 1.54) is 12.8 Å². The smallest absolute Gasteiger partial charge is 0.309 e. The summed E-state index contributed by atoms with van der Waals surface area (Å²) in [5.41, 5.74) is 0. The zero-order valence-corrected chi connectivity index (χ0v) is 10.0. The van der Waals surface area contributed by atoms with E-state index in [9.17, 15) is 4.79 Å². The molecule has 1 saturated carbocycles. The highest BCUT2D eigenvalue weighted by Gasteiger charge is 2.37. The summed E-state index contributed by atoms with van der Waals surface area (Å²) in [6.07, 6.45) is 3.52. The summed E-state index contributed by atoms with van der Waals surface area (Å²) in [5.74, 6) is 1.42. The van der Waals surface area contributed by atoms with Crippen LogP contribution >= 0.6 is 12.4 Å². The fourth-order valence-corrected chi connectivity index (χ4v) is 2.76. The van der Waals surface area contributed by atoms with Crippen LogP contribution in [-0.4, -0.2) is 25.7 Å². The minimum absolute atomic E-state index is 0. The second-order valence-electron chi connectivity index (χ2n) is 4.46. The number of hydrogen-bond acceptors (Lipinski definition) is 3. The van der Waals surface area contributed by atoms with Crippen molar-refractivity contribution in [3.05, 3.63) is 0 Å². The van der Waals surface area contributed by atoms with Crippen molar-refractivity contribution in [2.75, 3.05) is 19.7 Å². The van der Waals surface area contributed by atoms with Crippen LogP contribution < -0.4 is 5.32 Å². The lowest BCUT2D eigenvalue weighted by atomic mass is 9.75. The normalized spacial score (nSPS) is 34.1. The first-order valence-corrected chi connectivity index (χ1v) is 5.68. The first-order valence-electron chi connectivity index (χ1n) is 5.68. The third-order valence-electron chi connectivity index (χ3n) is 3.53. The lowest BCUT2D eigenvalue weighted by molar-refractivity contribution is -0.151. The van der Waals surface area contributed by atoms with Crippen LogP contribution in [0.3, 0.4) is 0 Å². The largest absolute Gasteiger partial charge is 0.466 e. The number of halogens is 1. The number of ether oxygens (including phenoxy) is 1. The molecule has 3 rings (SSSR count). The quantitative estimate of drug-likeness (QED) is 0.737. The van der Waals surface area contributed by atoms with Crippen LogP contribution in [0.1, 0.15) is 26.2 Å². The van der Waals surface area contributed by atoms with Gasteiger partial charge < -0.3 is 10.1 Å². The van der Waals surface area contributed by atoms with Crippen LogP contribution in [-0.2, 0) is 9.53 Å². The van der Waals surface area contributed by atoms with Crippen molar-refractivity contribution in [3.63, 3.8) is 0 Å². The number of rotatable bonds is 2. The summed E-state index contributed by atoms with van der Waals surface area (Å²) in [5, 5.41) is 3.43. The zero-order chi connectivity index (χ0) is 9.97. The van der Waals surface area contributed by atoms with Gasteiger partial charge in [0.05, 0.1) is 12.5 Å². The van der Waals surface area contributed by atoms with E-state index in [2.05, 4.69) is 5.32 Å². The van der Waals surface area contributed by atoms with Gasteiger partial charge in [-0.15, -0.1) is 12.4 Å². The highest BCUT2D eigenvalue weighted by Crippen LogP contribution is 2.36. The molecule has 3 nitrogen and oxygen atoms in total. The molecule has 2 saturated heterocycles. The molecule has 4 heteroatoms. The number of carbonyl (C=O) groups excluding carboxylic acids is 1. The topological polar surface area (TPSA) is 38.3 Å². The van der Waals surface area contributed by atoms with Crippen molar-refractivity contribution in [2.45, 2.75) is 26.2 Å². The first kappa shape index (κ1) is 12.8. The van der Waals surface area contributed by atoms with E-state index in [1.54, 1.807) is 0 Å². The lowest BCUT2D eigenvalue weighted by Gasteiger charge is -2.29. The van der Waals surface area contributed by atoms with E-state index in [-0.39, 0.29) is 24.3 Å². The van der Waals surface area contributed by atoms with Crippen molar-refractivity contribution in [1.82, 2.24) is 5.32 Å². The highest BCUT2D eigenvalue weighted by atomic mass is 35.5. The van der Waals surface area contributed by atoms with Gasteiger partial charge in [0.25, 0.3) is 0 Å². The maximum atomic E-state index is 11.7. The fraction of sp³-hybridized carbons (Fsp3) is 0.909.